The first kappa shape index (κ1) is 15.8. The summed E-state index contributed by atoms with van der Waals surface area (Å²) in [5.74, 6) is -0.999. The minimum absolute atomic E-state index is 0.140. The molecule has 1 rings (SSSR count). The highest BCUT2D eigenvalue weighted by Crippen LogP contribution is 2.25. The van der Waals surface area contributed by atoms with Crippen LogP contribution in [-0.2, 0) is 0 Å². The third kappa shape index (κ3) is 4.11. The Hall–Kier alpha value is -1.26. The summed E-state index contributed by atoms with van der Waals surface area (Å²) in [7, 11) is 4.07. The molecule has 0 saturated carbocycles. The van der Waals surface area contributed by atoms with Crippen LogP contribution in [0.4, 0.5) is 5.69 Å². The molecule has 1 aromatic rings. The van der Waals surface area contributed by atoms with Crippen LogP contribution in [-0.4, -0.2) is 49.2 Å². The maximum atomic E-state index is 10.9. The molecule has 0 radical (unpaired) electrons. The third-order valence-corrected chi connectivity index (χ3v) is 3.33. The van der Waals surface area contributed by atoms with Crippen molar-refractivity contribution in [1.29, 1.82) is 0 Å². The molecular formula is C14H21ClN2O2. The van der Waals surface area contributed by atoms with Crippen LogP contribution in [0.25, 0.3) is 0 Å². The molecule has 0 fully saturated rings. The van der Waals surface area contributed by atoms with Gasteiger partial charge in [0.05, 0.1) is 10.6 Å². The van der Waals surface area contributed by atoms with E-state index in [1.165, 1.54) is 0 Å². The smallest absolute Gasteiger partial charge is 0.337 e. The summed E-state index contributed by atoms with van der Waals surface area (Å²) in [5.41, 5.74) is 1.09. The topological polar surface area (TPSA) is 43.8 Å². The van der Waals surface area contributed by atoms with E-state index < -0.39 is 5.97 Å². The predicted octanol–water partition coefficient (Wildman–Crippen LogP) is 2.81. The number of rotatable bonds is 6. The van der Waals surface area contributed by atoms with Crippen molar-refractivity contribution in [3.8, 4) is 0 Å². The van der Waals surface area contributed by atoms with E-state index in [1.807, 2.05) is 20.2 Å². The van der Waals surface area contributed by atoms with Gasteiger partial charge in [0, 0.05) is 24.8 Å². The third-order valence-electron chi connectivity index (χ3n) is 3.02. The molecule has 106 valence electrons. The Morgan fingerprint density at radius 2 is 2.05 bits per heavy atom. The van der Waals surface area contributed by atoms with Gasteiger partial charge in [-0.1, -0.05) is 11.6 Å². The summed E-state index contributed by atoms with van der Waals surface area (Å²) in [6.07, 6.45) is 0. The van der Waals surface area contributed by atoms with Gasteiger partial charge in [-0.15, -0.1) is 0 Å². The number of carbonyl (C=O) groups is 1. The van der Waals surface area contributed by atoms with E-state index in [0.29, 0.717) is 6.04 Å². The number of hydrogen-bond acceptors (Lipinski definition) is 3. The molecular weight excluding hydrogens is 264 g/mol. The summed E-state index contributed by atoms with van der Waals surface area (Å²) in [6, 6.07) is 5.42. The molecule has 0 aliphatic rings. The zero-order chi connectivity index (χ0) is 14.6. The Kier molecular flexibility index (Phi) is 5.63. The normalized spacial score (nSPS) is 12.5. The number of hydrogen-bond donors (Lipinski definition) is 1. The number of likely N-dealkylation sites (N-methyl/N-ethyl adjacent to an activating group) is 2. The molecule has 0 spiro atoms. The highest BCUT2D eigenvalue weighted by Gasteiger charge is 2.16. The number of halogens is 1. The van der Waals surface area contributed by atoms with Crippen molar-refractivity contribution in [1.82, 2.24) is 4.90 Å². The van der Waals surface area contributed by atoms with Gasteiger partial charge in [-0.05, 0) is 46.1 Å². The van der Waals surface area contributed by atoms with E-state index >= 15 is 0 Å². The zero-order valence-electron chi connectivity index (χ0n) is 11.9. The van der Waals surface area contributed by atoms with Gasteiger partial charge in [0.25, 0.3) is 0 Å². The Bertz CT molecular complexity index is 449. The quantitative estimate of drug-likeness (QED) is 0.872. The lowest BCUT2D eigenvalue weighted by Gasteiger charge is -2.32. The van der Waals surface area contributed by atoms with E-state index in [4.69, 9.17) is 16.7 Å². The molecule has 1 atom stereocenters. The van der Waals surface area contributed by atoms with Crippen LogP contribution < -0.4 is 4.90 Å². The van der Waals surface area contributed by atoms with E-state index in [9.17, 15) is 4.79 Å². The number of anilines is 1. The second kappa shape index (κ2) is 6.78. The molecule has 19 heavy (non-hydrogen) atoms. The van der Waals surface area contributed by atoms with Gasteiger partial charge in [-0.3, -0.25) is 0 Å². The second-order valence-corrected chi connectivity index (χ2v) is 5.27. The lowest BCUT2D eigenvalue weighted by Crippen LogP contribution is -2.40. The van der Waals surface area contributed by atoms with Crippen molar-refractivity contribution in [2.45, 2.75) is 19.9 Å². The van der Waals surface area contributed by atoms with Crippen molar-refractivity contribution in [3.05, 3.63) is 28.8 Å². The van der Waals surface area contributed by atoms with Gasteiger partial charge < -0.3 is 14.9 Å². The summed E-state index contributed by atoms with van der Waals surface area (Å²) >= 11 is 6.02. The first-order valence-electron chi connectivity index (χ1n) is 6.31. The van der Waals surface area contributed by atoms with Gasteiger partial charge in [-0.25, -0.2) is 4.79 Å². The van der Waals surface area contributed by atoms with Crippen molar-refractivity contribution in [2.75, 3.05) is 32.1 Å². The lowest BCUT2D eigenvalue weighted by molar-refractivity contribution is 0.0697. The molecule has 0 bridgehead atoms. The van der Waals surface area contributed by atoms with Crippen LogP contribution in [0.2, 0.25) is 5.02 Å². The Morgan fingerprint density at radius 1 is 1.42 bits per heavy atom. The Morgan fingerprint density at radius 3 is 2.47 bits per heavy atom. The molecule has 1 N–H and O–H groups in total. The molecule has 4 nitrogen and oxygen atoms in total. The summed E-state index contributed by atoms with van der Waals surface area (Å²) < 4.78 is 0. The first-order valence-corrected chi connectivity index (χ1v) is 6.68. The molecule has 1 unspecified atom stereocenters. The second-order valence-electron chi connectivity index (χ2n) is 4.87. The van der Waals surface area contributed by atoms with Crippen LogP contribution in [0.5, 0.6) is 0 Å². The van der Waals surface area contributed by atoms with E-state index in [0.717, 1.165) is 18.8 Å². The van der Waals surface area contributed by atoms with Crippen molar-refractivity contribution in [2.24, 2.45) is 0 Å². The fourth-order valence-electron chi connectivity index (χ4n) is 2.23. The van der Waals surface area contributed by atoms with Crippen LogP contribution in [0.3, 0.4) is 0 Å². The largest absolute Gasteiger partial charge is 0.478 e. The Balaban J connectivity index is 2.99. The van der Waals surface area contributed by atoms with Gasteiger partial charge in [0.15, 0.2) is 0 Å². The number of aromatic carboxylic acids is 1. The van der Waals surface area contributed by atoms with Crippen molar-refractivity contribution in [3.63, 3.8) is 0 Å². The molecule has 0 saturated heterocycles. The first-order chi connectivity index (χ1) is 8.86. The molecule has 0 aliphatic heterocycles. The van der Waals surface area contributed by atoms with Crippen LogP contribution in [0.15, 0.2) is 18.2 Å². The summed E-state index contributed by atoms with van der Waals surface area (Å²) in [5, 5.41) is 9.25. The predicted molar refractivity (Wildman–Crippen MR) is 79.4 cm³/mol. The molecule has 0 amide bonds. The summed E-state index contributed by atoms with van der Waals surface area (Å²) in [4.78, 5) is 15.3. The number of benzene rings is 1. The molecule has 1 aromatic carbocycles. The SMILES string of the molecule is CCN(c1ccc(C(=O)O)c(Cl)c1)C(C)CN(C)C. The highest BCUT2D eigenvalue weighted by atomic mass is 35.5. The van der Waals surface area contributed by atoms with Crippen molar-refractivity contribution < 1.29 is 9.90 Å². The maximum Gasteiger partial charge on any atom is 0.337 e. The zero-order valence-corrected chi connectivity index (χ0v) is 12.6. The number of carboxylic acid groups (broad SMARTS) is 1. The average molecular weight is 285 g/mol. The standard InChI is InChI=1S/C14H21ClN2O2/c1-5-17(10(2)9-16(3)4)11-6-7-12(14(18)19)13(15)8-11/h6-8,10H,5,9H2,1-4H3,(H,18,19). The fraction of sp³-hybridized carbons (Fsp3) is 0.500. The van der Waals surface area contributed by atoms with Gasteiger partial charge >= 0.3 is 5.97 Å². The average Bonchev–Trinajstić information content (AvgIpc) is 2.28. The molecule has 0 aliphatic carbocycles. The highest BCUT2D eigenvalue weighted by molar-refractivity contribution is 6.33. The van der Waals surface area contributed by atoms with Gasteiger partial charge in [0.2, 0.25) is 0 Å². The number of nitrogens with zero attached hydrogens (tertiary/aromatic N) is 2. The minimum atomic E-state index is -0.999. The maximum absolute atomic E-state index is 10.9. The van der Waals surface area contributed by atoms with E-state index in [2.05, 4.69) is 23.6 Å². The van der Waals surface area contributed by atoms with E-state index in [1.54, 1.807) is 12.1 Å². The molecule has 0 aromatic heterocycles. The van der Waals surface area contributed by atoms with Crippen LogP contribution >= 0.6 is 11.6 Å². The number of carboxylic acids is 1. The van der Waals surface area contributed by atoms with Gasteiger partial charge in [-0.2, -0.15) is 0 Å². The minimum Gasteiger partial charge on any atom is -0.478 e. The van der Waals surface area contributed by atoms with Crippen LogP contribution in [0, 0.1) is 0 Å². The van der Waals surface area contributed by atoms with Gasteiger partial charge in [0.1, 0.15) is 0 Å². The summed E-state index contributed by atoms with van der Waals surface area (Å²) in [6.45, 7) is 5.98. The van der Waals surface area contributed by atoms with E-state index in [-0.39, 0.29) is 10.6 Å². The lowest BCUT2D eigenvalue weighted by atomic mass is 10.1. The molecule has 5 heteroatoms. The fourth-order valence-corrected chi connectivity index (χ4v) is 2.49. The van der Waals surface area contributed by atoms with Crippen molar-refractivity contribution >= 4 is 23.3 Å². The van der Waals surface area contributed by atoms with Crippen LogP contribution in [0.1, 0.15) is 24.2 Å². The Labute approximate surface area is 119 Å². The molecule has 0 heterocycles. The monoisotopic (exact) mass is 284 g/mol.